The molecule has 6 unspecified atom stereocenters. The van der Waals surface area contributed by atoms with Gasteiger partial charge in [-0.3, -0.25) is 0 Å². The number of hydrogen-bond acceptors (Lipinski definition) is 4. The fraction of sp³-hybridized carbons (Fsp3) is 0.647. The van der Waals surface area contributed by atoms with E-state index in [9.17, 15) is 5.11 Å². The number of rotatable bonds is 2. The first-order chi connectivity index (χ1) is 10.2. The monoisotopic (exact) mass is 288 g/mol. The normalized spacial score (nSPS) is 49.8. The molecule has 5 aliphatic rings. The first-order valence-electron chi connectivity index (χ1n) is 7.91. The third-order valence-corrected chi connectivity index (χ3v) is 6.48. The number of aromatic hydroxyl groups is 1. The summed E-state index contributed by atoms with van der Waals surface area (Å²) in [5.41, 5.74) is 0.514. The molecule has 112 valence electrons. The van der Waals surface area contributed by atoms with Gasteiger partial charge in [0.15, 0.2) is 5.60 Å². The Hall–Kier alpha value is -1.10. The number of benzene rings is 1. The average Bonchev–Trinajstić information content (AvgIpc) is 2.86. The number of methoxy groups -OCH3 is 1. The zero-order valence-corrected chi connectivity index (χ0v) is 12.1. The minimum atomic E-state index is -0.856. The van der Waals surface area contributed by atoms with Crippen LogP contribution in [0.15, 0.2) is 24.3 Å². The number of ether oxygens (including phenoxy) is 1. The number of phenols is 1. The molecule has 1 aliphatic heterocycles. The number of hydrogen-bond donors (Lipinski definition) is 1. The van der Waals surface area contributed by atoms with Crippen molar-refractivity contribution in [2.75, 3.05) is 7.11 Å². The van der Waals surface area contributed by atoms with E-state index in [-0.39, 0.29) is 11.4 Å². The summed E-state index contributed by atoms with van der Waals surface area (Å²) in [5, 5.41) is 9.83. The minimum Gasteiger partial charge on any atom is -0.508 e. The van der Waals surface area contributed by atoms with Gasteiger partial charge in [-0.1, -0.05) is 12.1 Å². The van der Waals surface area contributed by atoms with Crippen molar-refractivity contribution in [3.63, 3.8) is 0 Å². The minimum absolute atomic E-state index is 0.238. The Morgan fingerprint density at radius 1 is 1.19 bits per heavy atom. The molecular formula is C17H20O4. The van der Waals surface area contributed by atoms with Crippen LogP contribution in [0.5, 0.6) is 5.75 Å². The van der Waals surface area contributed by atoms with E-state index in [0.717, 1.165) is 17.4 Å². The highest BCUT2D eigenvalue weighted by molar-refractivity contribution is 5.36. The van der Waals surface area contributed by atoms with Crippen LogP contribution in [-0.4, -0.2) is 17.8 Å². The molecule has 4 aliphatic carbocycles. The lowest BCUT2D eigenvalue weighted by atomic mass is 9.65. The summed E-state index contributed by atoms with van der Waals surface area (Å²) in [7, 11) is 1.69. The third-order valence-electron chi connectivity index (χ3n) is 6.48. The summed E-state index contributed by atoms with van der Waals surface area (Å²) in [6, 6.07) is 7.22. The fourth-order valence-corrected chi connectivity index (χ4v) is 5.89. The highest BCUT2D eigenvalue weighted by Crippen LogP contribution is 2.72. The van der Waals surface area contributed by atoms with Gasteiger partial charge in [0.05, 0.1) is 0 Å². The van der Waals surface area contributed by atoms with Crippen LogP contribution in [0.2, 0.25) is 0 Å². The Balaban J connectivity index is 1.65. The molecule has 4 saturated carbocycles. The number of phenolic OH excluding ortho intramolecular Hbond substituents is 1. The van der Waals surface area contributed by atoms with Crippen molar-refractivity contribution in [1.82, 2.24) is 0 Å². The molecule has 1 spiro atoms. The van der Waals surface area contributed by atoms with Crippen LogP contribution >= 0.6 is 0 Å². The van der Waals surface area contributed by atoms with E-state index in [2.05, 4.69) is 0 Å². The molecule has 1 N–H and O–H groups in total. The van der Waals surface area contributed by atoms with Gasteiger partial charge >= 0.3 is 0 Å². The van der Waals surface area contributed by atoms with Gasteiger partial charge in [-0.25, -0.2) is 4.89 Å². The maximum atomic E-state index is 9.83. The summed E-state index contributed by atoms with van der Waals surface area (Å²) in [5.74, 6) is 2.04. The van der Waals surface area contributed by atoms with Gasteiger partial charge in [-0.2, -0.15) is 4.89 Å². The summed E-state index contributed by atoms with van der Waals surface area (Å²) >= 11 is 0. The Bertz CT molecular complexity index is 594. The molecule has 1 aromatic rings. The lowest BCUT2D eigenvalue weighted by molar-refractivity contribution is -0.635. The van der Waals surface area contributed by atoms with Crippen LogP contribution in [0.4, 0.5) is 0 Å². The van der Waals surface area contributed by atoms with Crippen molar-refractivity contribution < 1.29 is 19.6 Å². The quantitative estimate of drug-likeness (QED) is 0.850. The van der Waals surface area contributed by atoms with Gasteiger partial charge in [0, 0.05) is 18.6 Å². The van der Waals surface area contributed by atoms with Crippen molar-refractivity contribution in [3.05, 3.63) is 29.8 Å². The molecule has 1 saturated heterocycles. The molecule has 0 radical (unpaired) electrons. The highest BCUT2D eigenvalue weighted by Gasteiger charge is 2.79. The van der Waals surface area contributed by atoms with E-state index in [4.69, 9.17) is 14.5 Å². The molecule has 4 heteroatoms. The molecule has 21 heavy (non-hydrogen) atoms. The van der Waals surface area contributed by atoms with Gasteiger partial charge in [0.2, 0.25) is 0 Å². The summed E-state index contributed by atoms with van der Waals surface area (Å²) in [4.78, 5) is 11.5. The smallest absolute Gasteiger partial charge is 0.260 e. The topological polar surface area (TPSA) is 47.9 Å². The molecule has 4 nitrogen and oxygen atoms in total. The molecule has 1 heterocycles. The molecule has 6 rings (SSSR count). The second-order valence-electron chi connectivity index (χ2n) is 7.20. The van der Waals surface area contributed by atoms with E-state index >= 15 is 0 Å². The zero-order valence-electron chi connectivity index (χ0n) is 12.1. The van der Waals surface area contributed by atoms with Crippen molar-refractivity contribution in [2.45, 2.75) is 37.1 Å². The predicted octanol–water partition coefficient (Wildman–Crippen LogP) is 2.96. The van der Waals surface area contributed by atoms with Gasteiger partial charge in [-0.05, 0) is 55.6 Å². The lowest BCUT2D eigenvalue weighted by Crippen LogP contribution is -2.71. The zero-order chi connectivity index (χ0) is 14.2. The van der Waals surface area contributed by atoms with E-state index in [0.29, 0.717) is 11.8 Å². The van der Waals surface area contributed by atoms with Crippen LogP contribution in [-0.2, 0) is 20.3 Å². The summed E-state index contributed by atoms with van der Waals surface area (Å²) in [6.45, 7) is 0. The lowest BCUT2D eigenvalue weighted by Gasteiger charge is -2.60. The van der Waals surface area contributed by atoms with Crippen LogP contribution in [0.3, 0.4) is 0 Å². The molecule has 1 aromatic carbocycles. The standard InChI is InChI=1S/C17H20O4/c1-19-17(12-3-2-4-14(18)9-12)16(20-21-17)13-6-10-5-11(8-13)15(16)7-10/h2-4,9-11,13,15,18H,5-8H2,1H3. The van der Waals surface area contributed by atoms with E-state index < -0.39 is 5.79 Å². The van der Waals surface area contributed by atoms with Crippen molar-refractivity contribution in [1.29, 1.82) is 0 Å². The van der Waals surface area contributed by atoms with Gasteiger partial charge in [-0.15, -0.1) is 0 Å². The first kappa shape index (κ1) is 12.4. The predicted molar refractivity (Wildman–Crippen MR) is 74.1 cm³/mol. The maximum absolute atomic E-state index is 9.83. The molecule has 0 amide bonds. The van der Waals surface area contributed by atoms with E-state index in [1.165, 1.54) is 25.7 Å². The van der Waals surface area contributed by atoms with Crippen LogP contribution in [0.1, 0.15) is 31.2 Å². The van der Waals surface area contributed by atoms with Crippen LogP contribution in [0.25, 0.3) is 0 Å². The van der Waals surface area contributed by atoms with Crippen LogP contribution < -0.4 is 0 Å². The SMILES string of the molecule is COC1(c2cccc(O)c2)OOC12C1CC3CC(C1)C2C3. The van der Waals surface area contributed by atoms with Gasteiger partial charge < -0.3 is 9.84 Å². The first-order valence-corrected chi connectivity index (χ1v) is 7.91. The average molecular weight is 288 g/mol. The molecular weight excluding hydrogens is 268 g/mol. The summed E-state index contributed by atoms with van der Waals surface area (Å²) < 4.78 is 5.90. The Kier molecular flexibility index (Phi) is 2.25. The third kappa shape index (κ3) is 1.24. The largest absolute Gasteiger partial charge is 0.508 e. The maximum Gasteiger partial charge on any atom is 0.260 e. The Morgan fingerprint density at radius 2 is 2.10 bits per heavy atom. The molecule has 6 atom stereocenters. The highest BCUT2D eigenvalue weighted by atomic mass is 17.3. The Labute approximate surface area is 123 Å². The van der Waals surface area contributed by atoms with Crippen molar-refractivity contribution in [2.24, 2.45) is 23.7 Å². The molecule has 5 fully saturated rings. The van der Waals surface area contributed by atoms with Gasteiger partial charge in [0.1, 0.15) is 5.75 Å². The Morgan fingerprint density at radius 3 is 2.76 bits per heavy atom. The fourth-order valence-electron chi connectivity index (χ4n) is 5.89. The molecule has 4 bridgehead atoms. The van der Waals surface area contributed by atoms with Gasteiger partial charge in [0.25, 0.3) is 5.79 Å². The summed E-state index contributed by atoms with van der Waals surface area (Å²) in [6.07, 6.45) is 5.02. The second kappa shape index (κ2) is 3.80. The van der Waals surface area contributed by atoms with Crippen molar-refractivity contribution in [3.8, 4) is 5.75 Å². The van der Waals surface area contributed by atoms with E-state index in [1.54, 1.807) is 19.2 Å². The van der Waals surface area contributed by atoms with Crippen LogP contribution in [0, 0.1) is 23.7 Å². The van der Waals surface area contributed by atoms with Crippen molar-refractivity contribution >= 4 is 0 Å². The van der Waals surface area contributed by atoms with E-state index in [1.807, 2.05) is 12.1 Å². The molecule has 0 aromatic heterocycles. The second-order valence-corrected chi connectivity index (χ2v) is 7.20.